The normalized spacial score (nSPS) is 13.7. The number of carbonyl (C=O) groups excluding carboxylic acids is 2. The number of unbranched alkanes of at least 4 members (excludes halogenated alkanes) is 24. The van der Waals surface area contributed by atoms with E-state index in [1.165, 1.54) is 116 Å². The van der Waals surface area contributed by atoms with E-state index >= 15 is 0 Å². The summed E-state index contributed by atoms with van der Waals surface area (Å²) in [7, 11) is -0.722. The molecule has 0 spiro atoms. The highest BCUT2D eigenvalue weighted by Crippen LogP contribution is 2.43. The minimum atomic E-state index is -4.37. The second-order valence-corrected chi connectivity index (χ2v) is 18.4. The second kappa shape index (κ2) is 46.0. The van der Waals surface area contributed by atoms with Gasteiger partial charge in [-0.15, -0.1) is 0 Å². The minimum absolute atomic E-state index is 0.00311. The van der Waals surface area contributed by atoms with Gasteiger partial charge in [0.05, 0.1) is 13.2 Å². The van der Waals surface area contributed by atoms with Crippen LogP contribution in [0.3, 0.4) is 0 Å². The van der Waals surface area contributed by atoms with Crippen LogP contribution in [0.5, 0.6) is 0 Å². The Morgan fingerprint density at radius 1 is 0.525 bits per heavy atom. The molecule has 0 aromatic rings. The lowest BCUT2D eigenvalue weighted by molar-refractivity contribution is -0.161. The van der Waals surface area contributed by atoms with Crippen molar-refractivity contribution >= 4 is 19.8 Å². The Labute approximate surface area is 375 Å². The van der Waals surface area contributed by atoms with Crippen LogP contribution in [0.2, 0.25) is 0 Å². The van der Waals surface area contributed by atoms with E-state index in [2.05, 4.69) is 62.5 Å². The summed E-state index contributed by atoms with van der Waals surface area (Å²) in [6.45, 7) is 4.21. The van der Waals surface area contributed by atoms with Crippen molar-refractivity contribution in [2.45, 2.75) is 225 Å². The van der Waals surface area contributed by atoms with Gasteiger partial charge in [0.15, 0.2) is 6.10 Å². The number of phosphoric acid groups is 1. The third-order valence-corrected chi connectivity index (χ3v) is 11.6. The molecule has 0 amide bonds. The zero-order chi connectivity index (χ0) is 44.8. The third kappa shape index (κ3) is 47.3. The van der Waals surface area contributed by atoms with E-state index in [1.807, 2.05) is 19.0 Å². The van der Waals surface area contributed by atoms with Gasteiger partial charge >= 0.3 is 19.8 Å². The molecule has 10 heteroatoms. The van der Waals surface area contributed by atoms with Crippen molar-refractivity contribution in [3.05, 3.63) is 48.6 Å². The zero-order valence-corrected chi connectivity index (χ0v) is 40.7. The van der Waals surface area contributed by atoms with Gasteiger partial charge in [-0.3, -0.25) is 18.6 Å². The molecule has 0 aromatic carbocycles. The predicted octanol–water partition coefficient (Wildman–Crippen LogP) is 14.9. The van der Waals surface area contributed by atoms with Gasteiger partial charge in [-0.25, -0.2) is 4.57 Å². The van der Waals surface area contributed by atoms with E-state index in [-0.39, 0.29) is 26.1 Å². The summed E-state index contributed by atoms with van der Waals surface area (Å²) < 4.78 is 33.6. The lowest BCUT2D eigenvalue weighted by Crippen LogP contribution is -2.29. The number of nitrogens with zero attached hydrogens (tertiary/aromatic N) is 1. The molecule has 0 saturated heterocycles. The Balaban J connectivity index is 4.21. The Hall–Kier alpha value is -2.03. The number of hydrogen-bond acceptors (Lipinski definition) is 8. The monoisotopic (exact) mass is 880 g/mol. The summed E-state index contributed by atoms with van der Waals surface area (Å²) in [6.07, 6.45) is 53.1. The fraction of sp³-hybridized carbons (Fsp3) is 0.804. The molecule has 0 aliphatic rings. The second-order valence-electron chi connectivity index (χ2n) is 17.0. The summed E-state index contributed by atoms with van der Waals surface area (Å²) >= 11 is 0. The Morgan fingerprint density at radius 3 is 1.39 bits per heavy atom. The maximum absolute atomic E-state index is 12.7. The van der Waals surface area contributed by atoms with Crippen LogP contribution in [-0.2, 0) is 32.7 Å². The van der Waals surface area contributed by atoms with E-state index in [1.54, 1.807) is 0 Å². The van der Waals surface area contributed by atoms with Crippen LogP contribution >= 0.6 is 7.82 Å². The zero-order valence-electron chi connectivity index (χ0n) is 39.9. The Bertz CT molecular complexity index is 1150. The summed E-state index contributed by atoms with van der Waals surface area (Å²) in [5.41, 5.74) is 0. The first kappa shape index (κ1) is 59.0. The molecule has 0 aliphatic carbocycles. The van der Waals surface area contributed by atoms with Gasteiger partial charge < -0.3 is 19.3 Å². The quantitative estimate of drug-likeness (QED) is 0.0276. The largest absolute Gasteiger partial charge is 0.472 e. The van der Waals surface area contributed by atoms with Crippen molar-refractivity contribution in [1.29, 1.82) is 0 Å². The van der Waals surface area contributed by atoms with Gasteiger partial charge in [0.2, 0.25) is 0 Å². The molecule has 0 saturated carbocycles. The van der Waals surface area contributed by atoms with Crippen molar-refractivity contribution < 1.29 is 37.6 Å². The van der Waals surface area contributed by atoms with Crippen LogP contribution in [0.25, 0.3) is 0 Å². The van der Waals surface area contributed by atoms with Crippen molar-refractivity contribution in [3.63, 3.8) is 0 Å². The maximum Gasteiger partial charge on any atom is 0.472 e. The minimum Gasteiger partial charge on any atom is -0.462 e. The fourth-order valence-electron chi connectivity index (χ4n) is 6.86. The van der Waals surface area contributed by atoms with E-state index < -0.39 is 32.5 Å². The first-order chi connectivity index (χ1) is 29.7. The van der Waals surface area contributed by atoms with Crippen molar-refractivity contribution in [2.75, 3.05) is 40.5 Å². The summed E-state index contributed by atoms with van der Waals surface area (Å²) in [6, 6.07) is 0. The lowest BCUT2D eigenvalue weighted by Gasteiger charge is -2.20. The van der Waals surface area contributed by atoms with Gasteiger partial charge in [-0.1, -0.05) is 204 Å². The van der Waals surface area contributed by atoms with Gasteiger partial charge in [-0.05, 0) is 65.5 Å². The number of esters is 2. The first-order valence-electron chi connectivity index (χ1n) is 24.9. The average Bonchev–Trinajstić information content (AvgIpc) is 3.23. The number of carbonyl (C=O) groups is 2. The van der Waals surface area contributed by atoms with Gasteiger partial charge in [0.1, 0.15) is 6.61 Å². The number of phosphoric ester groups is 1. The molecule has 1 N–H and O–H groups in total. The van der Waals surface area contributed by atoms with E-state index in [0.717, 1.165) is 64.2 Å². The van der Waals surface area contributed by atoms with Gasteiger partial charge in [0.25, 0.3) is 0 Å². The Morgan fingerprint density at radius 2 is 0.934 bits per heavy atom. The van der Waals surface area contributed by atoms with E-state index in [9.17, 15) is 19.0 Å². The third-order valence-electron chi connectivity index (χ3n) is 10.6. The molecule has 0 bridgehead atoms. The molecule has 0 radical (unpaired) electrons. The highest BCUT2D eigenvalue weighted by atomic mass is 31.2. The molecule has 2 atom stereocenters. The van der Waals surface area contributed by atoms with Crippen LogP contribution < -0.4 is 0 Å². The smallest absolute Gasteiger partial charge is 0.462 e. The van der Waals surface area contributed by atoms with Crippen molar-refractivity contribution in [1.82, 2.24) is 4.90 Å². The summed E-state index contributed by atoms with van der Waals surface area (Å²) in [5, 5.41) is 0. The average molecular weight is 880 g/mol. The molecule has 9 nitrogen and oxygen atoms in total. The predicted molar refractivity (Wildman–Crippen MR) is 257 cm³/mol. The van der Waals surface area contributed by atoms with Crippen LogP contribution in [0, 0.1) is 0 Å². The standard InChI is InChI=1S/C51H94NO8P/c1-5-7-9-11-13-15-17-19-21-23-24-25-26-28-30-32-34-36-38-40-42-44-51(54)60-49(48-59-61(55,56)58-46-45-52(3)4)47-57-50(53)43-41-39-37-35-33-31-29-27-22-20-18-16-14-12-10-8-6-2/h8,10,14,16,20,22,29,31,49H,5-7,9,11-13,15,17-19,21,23-28,30,32-48H2,1-4H3,(H,55,56)/b10-8-,16-14-,22-20-,31-29-. The van der Waals surface area contributed by atoms with E-state index in [4.69, 9.17) is 18.5 Å². The van der Waals surface area contributed by atoms with Crippen LogP contribution in [0.1, 0.15) is 219 Å². The van der Waals surface area contributed by atoms with Crippen molar-refractivity contribution in [2.24, 2.45) is 0 Å². The molecular formula is C51H94NO8P. The topological polar surface area (TPSA) is 112 Å². The molecule has 0 heterocycles. The summed E-state index contributed by atoms with van der Waals surface area (Å²) in [4.78, 5) is 37.2. The van der Waals surface area contributed by atoms with E-state index in [0.29, 0.717) is 19.4 Å². The van der Waals surface area contributed by atoms with Crippen LogP contribution in [-0.4, -0.2) is 68.3 Å². The van der Waals surface area contributed by atoms with Crippen LogP contribution in [0.4, 0.5) is 0 Å². The van der Waals surface area contributed by atoms with Gasteiger partial charge in [0, 0.05) is 19.4 Å². The SMILES string of the molecule is CC/C=C\C/C=C\C/C=C\C/C=C\CCCCCCC(=O)OCC(COP(=O)(O)OCCN(C)C)OC(=O)CCCCCCCCCCCCCCCCCCCCCCC. The number of allylic oxidation sites excluding steroid dienone is 8. The van der Waals surface area contributed by atoms with Crippen LogP contribution in [0.15, 0.2) is 48.6 Å². The number of ether oxygens (including phenoxy) is 2. The molecule has 61 heavy (non-hydrogen) atoms. The Kier molecular flexibility index (Phi) is 44.4. The number of rotatable bonds is 46. The molecule has 0 rings (SSSR count). The first-order valence-corrected chi connectivity index (χ1v) is 26.4. The van der Waals surface area contributed by atoms with Crippen molar-refractivity contribution in [3.8, 4) is 0 Å². The molecule has 0 aromatic heterocycles. The molecular weight excluding hydrogens is 786 g/mol. The molecule has 2 unspecified atom stereocenters. The molecule has 356 valence electrons. The maximum atomic E-state index is 12.7. The highest BCUT2D eigenvalue weighted by molar-refractivity contribution is 7.47. The molecule has 0 fully saturated rings. The number of hydrogen-bond donors (Lipinski definition) is 1. The fourth-order valence-corrected chi connectivity index (χ4v) is 7.60. The van der Waals surface area contributed by atoms with Gasteiger partial charge in [-0.2, -0.15) is 0 Å². The lowest BCUT2D eigenvalue weighted by atomic mass is 10.0. The summed E-state index contributed by atoms with van der Waals surface area (Å²) in [5.74, 6) is -0.823. The highest BCUT2D eigenvalue weighted by Gasteiger charge is 2.26. The number of likely N-dealkylation sites (N-methyl/N-ethyl adjacent to an activating group) is 1. The molecule has 0 aliphatic heterocycles.